The van der Waals surface area contributed by atoms with E-state index in [1.165, 1.54) is 12.1 Å². The Hall–Kier alpha value is -3.87. The number of nitrogens with zero attached hydrogens (tertiary/aromatic N) is 1. The number of rotatable bonds is 8. The number of anilines is 1. The molecule has 1 N–H and O–H groups in total. The molecular weight excluding hydrogens is 435 g/mol. The average Bonchev–Trinajstić information content (AvgIpc) is 2.97. The second-order valence-electron chi connectivity index (χ2n) is 8.11. The predicted octanol–water partition coefficient (Wildman–Crippen LogP) is 4.59. The monoisotopic (exact) mass is 462 g/mol. The Labute approximate surface area is 198 Å². The molecule has 34 heavy (non-hydrogen) atoms. The molecule has 7 heteroatoms. The summed E-state index contributed by atoms with van der Waals surface area (Å²) in [6.45, 7) is 3.03. The SMILES string of the molecule is CC[C@@H]1Oc2ccc(NC(=O)Cc3ccc(F)cc3)cc2CN(CCOc2ccccc2)C1=O. The predicted molar refractivity (Wildman–Crippen MR) is 127 cm³/mol. The van der Waals surface area contributed by atoms with Crippen molar-refractivity contribution in [3.63, 3.8) is 0 Å². The van der Waals surface area contributed by atoms with Gasteiger partial charge < -0.3 is 19.7 Å². The maximum Gasteiger partial charge on any atom is 0.264 e. The van der Waals surface area contributed by atoms with Crippen LogP contribution in [0.15, 0.2) is 72.8 Å². The van der Waals surface area contributed by atoms with Gasteiger partial charge in [0.1, 0.15) is 23.9 Å². The Kier molecular flexibility index (Phi) is 7.42. The zero-order chi connectivity index (χ0) is 23.9. The normalized spacial score (nSPS) is 15.2. The number of ether oxygens (including phenoxy) is 2. The number of amides is 2. The summed E-state index contributed by atoms with van der Waals surface area (Å²) in [4.78, 5) is 27.2. The summed E-state index contributed by atoms with van der Waals surface area (Å²) in [6.07, 6.45) is 0.106. The molecule has 0 unspecified atom stereocenters. The molecule has 3 aromatic carbocycles. The zero-order valence-corrected chi connectivity index (χ0v) is 19.0. The van der Waals surface area contributed by atoms with Crippen LogP contribution < -0.4 is 14.8 Å². The zero-order valence-electron chi connectivity index (χ0n) is 19.0. The summed E-state index contributed by atoms with van der Waals surface area (Å²) in [7, 11) is 0. The third-order valence-corrected chi connectivity index (χ3v) is 5.58. The average molecular weight is 463 g/mol. The molecule has 0 bridgehead atoms. The standard InChI is InChI=1S/C27H27FN2O4/c1-2-24-27(32)30(14-15-33-23-6-4-3-5-7-23)18-20-17-22(12-13-25(20)34-24)29-26(31)16-19-8-10-21(28)11-9-19/h3-13,17,24H,2,14-16,18H2,1H3,(H,29,31)/t24-/m0/s1. The van der Waals surface area contributed by atoms with Crippen molar-refractivity contribution in [2.24, 2.45) is 0 Å². The van der Waals surface area contributed by atoms with Crippen LogP contribution in [0, 0.1) is 5.82 Å². The number of nitrogens with one attached hydrogen (secondary N) is 1. The lowest BCUT2D eigenvalue weighted by atomic mass is 10.1. The maximum absolute atomic E-state index is 13.1. The summed E-state index contributed by atoms with van der Waals surface area (Å²) in [5, 5.41) is 2.88. The number of para-hydroxylation sites is 1. The molecule has 1 heterocycles. The number of hydrogen-bond acceptors (Lipinski definition) is 4. The van der Waals surface area contributed by atoms with Gasteiger partial charge in [-0.1, -0.05) is 37.3 Å². The van der Waals surface area contributed by atoms with Crippen molar-refractivity contribution < 1.29 is 23.5 Å². The Morgan fingerprint density at radius 1 is 1.12 bits per heavy atom. The van der Waals surface area contributed by atoms with E-state index in [-0.39, 0.29) is 24.1 Å². The van der Waals surface area contributed by atoms with E-state index in [0.717, 1.165) is 16.9 Å². The molecule has 0 saturated carbocycles. The van der Waals surface area contributed by atoms with Crippen LogP contribution in [-0.2, 0) is 22.6 Å². The molecule has 0 fully saturated rings. The molecule has 1 aliphatic rings. The number of halogens is 1. The molecule has 1 atom stereocenters. The lowest BCUT2D eigenvalue weighted by molar-refractivity contribution is -0.138. The first kappa shape index (κ1) is 23.3. The van der Waals surface area contributed by atoms with Crippen molar-refractivity contribution in [2.75, 3.05) is 18.5 Å². The molecular formula is C27H27FN2O4. The number of benzene rings is 3. The highest BCUT2D eigenvalue weighted by Gasteiger charge is 2.30. The second kappa shape index (κ2) is 10.8. The van der Waals surface area contributed by atoms with Crippen molar-refractivity contribution >= 4 is 17.5 Å². The van der Waals surface area contributed by atoms with Crippen LogP contribution >= 0.6 is 0 Å². The third-order valence-electron chi connectivity index (χ3n) is 5.58. The third kappa shape index (κ3) is 5.92. The molecule has 6 nitrogen and oxygen atoms in total. The topological polar surface area (TPSA) is 67.9 Å². The first-order chi connectivity index (χ1) is 16.5. The number of carbonyl (C=O) groups excluding carboxylic acids is 2. The van der Waals surface area contributed by atoms with Gasteiger partial charge >= 0.3 is 0 Å². The lowest BCUT2D eigenvalue weighted by Crippen LogP contribution is -2.41. The first-order valence-electron chi connectivity index (χ1n) is 11.3. The van der Waals surface area contributed by atoms with Crippen LogP contribution in [0.5, 0.6) is 11.5 Å². The minimum Gasteiger partial charge on any atom is -0.492 e. The van der Waals surface area contributed by atoms with Gasteiger partial charge in [-0.2, -0.15) is 0 Å². The Morgan fingerprint density at radius 3 is 2.62 bits per heavy atom. The van der Waals surface area contributed by atoms with Crippen molar-refractivity contribution in [1.82, 2.24) is 4.90 Å². The fraction of sp³-hybridized carbons (Fsp3) is 0.259. The summed E-state index contributed by atoms with van der Waals surface area (Å²) in [5.41, 5.74) is 2.14. The fourth-order valence-corrected chi connectivity index (χ4v) is 3.82. The van der Waals surface area contributed by atoms with Crippen molar-refractivity contribution in [2.45, 2.75) is 32.4 Å². The van der Waals surface area contributed by atoms with Crippen LogP contribution in [0.4, 0.5) is 10.1 Å². The van der Waals surface area contributed by atoms with Crippen molar-refractivity contribution in [3.05, 3.63) is 89.7 Å². The van der Waals surface area contributed by atoms with Crippen LogP contribution in [0.2, 0.25) is 0 Å². The van der Waals surface area contributed by atoms with Crippen LogP contribution in [0.1, 0.15) is 24.5 Å². The molecule has 176 valence electrons. The maximum atomic E-state index is 13.1. The van der Waals surface area contributed by atoms with Gasteiger partial charge in [-0.3, -0.25) is 9.59 Å². The van der Waals surface area contributed by atoms with Gasteiger partial charge in [0.25, 0.3) is 5.91 Å². The van der Waals surface area contributed by atoms with E-state index in [0.29, 0.717) is 37.6 Å². The van der Waals surface area contributed by atoms with E-state index >= 15 is 0 Å². The minimum absolute atomic E-state index is 0.0859. The molecule has 0 aromatic heterocycles. The smallest absolute Gasteiger partial charge is 0.264 e. The summed E-state index contributed by atoms with van der Waals surface area (Å²) >= 11 is 0. The van der Waals surface area contributed by atoms with Gasteiger partial charge in [0.15, 0.2) is 6.10 Å². The van der Waals surface area contributed by atoms with Crippen LogP contribution in [0.25, 0.3) is 0 Å². The fourth-order valence-electron chi connectivity index (χ4n) is 3.82. The number of hydrogen-bond donors (Lipinski definition) is 1. The first-order valence-corrected chi connectivity index (χ1v) is 11.3. The summed E-state index contributed by atoms with van der Waals surface area (Å²) < 4.78 is 24.9. The molecule has 3 aromatic rings. The lowest BCUT2D eigenvalue weighted by Gasteiger charge is -2.23. The van der Waals surface area contributed by atoms with Crippen molar-refractivity contribution in [1.29, 1.82) is 0 Å². The molecule has 0 radical (unpaired) electrons. The second-order valence-corrected chi connectivity index (χ2v) is 8.11. The van der Waals surface area contributed by atoms with E-state index in [9.17, 15) is 14.0 Å². The van der Waals surface area contributed by atoms with Gasteiger partial charge in [0.05, 0.1) is 13.0 Å². The molecule has 4 rings (SSSR count). The highest BCUT2D eigenvalue weighted by atomic mass is 19.1. The molecule has 0 spiro atoms. The summed E-state index contributed by atoms with van der Waals surface area (Å²) in [5.74, 6) is 0.741. The van der Waals surface area contributed by atoms with Gasteiger partial charge in [-0.15, -0.1) is 0 Å². The van der Waals surface area contributed by atoms with Gasteiger partial charge in [-0.05, 0) is 54.4 Å². The van der Waals surface area contributed by atoms with E-state index < -0.39 is 6.10 Å². The minimum atomic E-state index is -0.572. The largest absolute Gasteiger partial charge is 0.492 e. The molecule has 2 amide bonds. The molecule has 0 aliphatic carbocycles. The Balaban J connectivity index is 1.44. The van der Waals surface area contributed by atoms with Gasteiger partial charge in [0.2, 0.25) is 5.91 Å². The van der Waals surface area contributed by atoms with Gasteiger partial charge in [-0.25, -0.2) is 4.39 Å². The molecule has 1 aliphatic heterocycles. The van der Waals surface area contributed by atoms with Gasteiger partial charge in [0, 0.05) is 17.8 Å². The highest BCUT2D eigenvalue weighted by molar-refractivity contribution is 5.92. The Bertz CT molecular complexity index is 1140. The number of fused-ring (bicyclic) bond motifs is 1. The quantitative estimate of drug-likeness (QED) is 0.532. The Morgan fingerprint density at radius 2 is 1.88 bits per heavy atom. The van der Waals surface area contributed by atoms with E-state index in [1.807, 2.05) is 43.3 Å². The van der Waals surface area contributed by atoms with E-state index in [2.05, 4.69) is 5.32 Å². The van der Waals surface area contributed by atoms with Crippen LogP contribution in [-0.4, -0.2) is 36.0 Å². The van der Waals surface area contributed by atoms with Crippen LogP contribution in [0.3, 0.4) is 0 Å². The summed E-state index contributed by atoms with van der Waals surface area (Å²) in [6, 6.07) is 20.7. The van der Waals surface area contributed by atoms with E-state index in [1.54, 1.807) is 29.2 Å². The number of carbonyl (C=O) groups is 2. The van der Waals surface area contributed by atoms with E-state index in [4.69, 9.17) is 9.47 Å². The molecule has 0 saturated heterocycles. The highest BCUT2D eigenvalue weighted by Crippen LogP contribution is 2.29. The van der Waals surface area contributed by atoms with Crippen molar-refractivity contribution in [3.8, 4) is 11.5 Å².